The Bertz CT molecular complexity index is 480. The number of hydrogen-bond acceptors (Lipinski definition) is 5. The standard InChI is InChI=1S/C10H10F3IN2O3/c1-18-8(17)3-6-9(14)5(4-15)2-7(16-6)19-10(11,12)13/h2H,3-4,15H2,1H3. The molecule has 0 aromatic carbocycles. The van der Waals surface area contributed by atoms with Gasteiger partial charge in [-0.15, -0.1) is 13.2 Å². The molecule has 0 amide bonds. The van der Waals surface area contributed by atoms with E-state index in [1.807, 2.05) is 22.6 Å². The first-order chi connectivity index (χ1) is 8.76. The van der Waals surface area contributed by atoms with Gasteiger partial charge < -0.3 is 15.2 Å². The second kappa shape index (κ2) is 6.37. The van der Waals surface area contributed by atoms with Crippen LogP contribution >= 0.6 is 22.6 Å². The van der Waals surface area contributed by atoms with Crippen LogP contribution in [0.15, 0.2) is 6.07 Å². The molecule has 0 bridgehead atoms. The molecule has 1 rings (SSSR count). The van der Waals surface area contributed by atoms with Gasteiger partial charge >= 0.3 is 12.3 Å². The van der Waals surface area contributed by atoms with Crippen molar-refractivity contribution < 1.29 is 27.4 Å². The SMILES string of the molecule is COC(=O)Cc1nc(OC(F)(F)F)cc(CN)c1I. The zero-order valence-corrected chi connectivity index (χ0v) is 11.9. The predicted molar refractivity (Wildman–Crippen MR) is 67.2 cm³/mol. The summed E-state index contributed by atoms with van der Waals surface area (Å²) in [6.07, 6.45) is -5.11. The molecule has 1 aromatic heterocycles. The van der Waals surface area contributed by atoms with Gasteiger partial charge in [-0.05, 0) is 28.2 Å². The van der Waals surface area contributed by atoms with Crippen LogP contribution in [0.2, 0.25) is 0 Å². The molecule has 0 fully saturated rings. The van der Waals surface area contributed by atoms with Gasteiger partial charge in [0.25, 0.3) is 0 Å². The number of nitrogens with zero attached hydrogens (tertiary/aromatic N) is 1. The summed E-state index contributed by atoms with van der Waals surface area (Å²) in [6.45, 7) is 0.00316. The first-order valence-corrected chi connectivity index (χ1v) is 6.05. The minimum Gasteiger partial charge on any atom is -0.469 e. The van der Waals surface area contributed by atoms with Crippen LogP contribution in [0.4, 0.5) is 13.2 Å². The van der Waals surface area contributed by atoms with Crippen molar-refractivity contribution in [2.75, 3.05) is 7.11 Å². The third-order valence-electron chi connectivity index (χ3n) is 2.06. The minimum atomic E-state index is -4.85. The summed E-state index contributed by atoms with van der Waals surface area (Å²) in [7, 11) is 1.18. The van der Waals surface area contributed by atoms with E-state index in [-0.39, 0.29) is 18.7 Å². The molecule has 0 saturated carbocycles. The Hall–Kier alpha value is -1.10. The van der Waals surface area contributed by atoms with E-state index in [4.69, 9.17) is 5.73 Å². The van der Waals surface area contributed by atoms with E-state index in [0.29, 0.717) is 9.13 Å². The van der Waals surface area contributed by atoms with Crippen LogP contribution in [0.3, 0.4) is 0 Å². The normalized spacial score (nSPS) is 11.3. The average molecular weight is 390 g/mol. The van der Waals surface area contributed by atoms with Gasteiger partial charge in [0.1, 0.15) is 0 Å². The fourth-order valence-electron chi connectivity index (χ4n) is 1.26. The first-order valence-electron chi connectivity index (χ1n) is 4.97. The summed E-state index contributed by atoms with van der Waals surface area (Å²) < 4.78 is 45.1. The number of pyridine rings is 1. The molecule has 0 aliphatic rings. The maximum atomic E-state index is 12.2. The van der Waals surface area contributed by atoms with Gasteiger partial charge in [-0.3, -0.25) is 4.79 Å². The smallest absolute Gasteiger partial charge is 0.469 e. The van der Waals surface area contributed by atoms with E-state index >= 15 is 0 Å². The number of alkyl halides is 3. The summed E-state index contributed by atoms with van der Waals surface area (Å²) in [5.41, 5.74) is 5.97. The summed E-state index contributed by atoms with van der Waals surface area (Å²) in [5.74, 6) is -1.26. The van der Waals surface area contributed by atoms with Crippen molar-refractivity contribution in [3.05, 3.63) is 20.9 Å². The zero-order valence-electron chi connectivity index (χ0n) is 9.75. The molecule has 0 spiro atoms. The Morgan fingerprint density at radius 3 is 2.63 bits per heavy atom. The van der Waals surface area contributed by atoms with E-state index in [0.717, 1.165) is 6.07 Å². The number of hydrogen-bond donors (Lipinski definition) is 1. The van der Waals surface area contributed by atoms with Gasteiger partial charge in [-0.25, -0.2) is 4.98 Å². The van der Waals surface area contributed by atoms with Crippen LogP contribution in [0.5, 0.6) is 5.88 Å². The van der Waals surface area contributed by atoms with Gasteiger partial charge in [-0.2, -0.15) is 0 Å². The number of carbonyl (C=O) groups is 1. The van der Waals surface area contributed by atoms with Crippen LogP contribution in [-0.2, 0) is 22.5 Å². The minimum absolute atomic E-state index is 0.00316. The van der Waals surface area contributed by atoms with Gasteiger partial charge in [0, 0.05) is 16.2 Å². The second-order valence-corrected chi connectivity index (χ2v) is 4.46. The molecular weight excluding hydrogens is 380 g/mol. The molecule has 0 aliphatic heterocycles. The highest BCUT2D eigenvalue weighted by Gasteiger charge is 2.32. The predicted octanol–water partition coefficient (Wildman–Crippen LogP) is 1.76. The number of aromatic nitrogens is 1. The Kier molecular flexibility index (Phi) is 5.35. The lowest BCUT2D eigenvalue weighted by atomic mass is 10.2. The van der Waals surface area contributed by atoms with E-state index in [1.165, 1.54) is 7.11 Å². The van der Waals surface area contributed by atoms with Gasteiger partial charge in [-0.1, -0.05) is 0 Å². The third kappa shape index (κ3) is 4.82. The third-order valence-corrected chi connectivity index (χ3v) is 3.37. The number of methoxy groups -OCH3 is 1. The summed E-state index contributed by atoms with van der Waals surface area (Å²) >= 11 is 1.86. The molecule has 0 saturated heterocycles. The fourth-order valence-corrected chi connectivity index (χ4v) is 1.94. The Balaban J connectivity index is 3.14. The van der Waals surface area contributed by atoms with Crippen molar-refractivity contribution in [3.63, 3.8) is 0 Å². The summed E-state index contributed by atoms with van der Waals surface area (Å²) in [4.78, 5) is 14.8. The maximum absolute atomic E-state index is 12.2. The average Bonchev–Trinajstić information content (AvgIpc) is 2.30. The van der Waals surface area contributed by atoms with Crippen molar-refractivity contribution in [3.8, 4) is 5.88 Å². The quantitative estimate of drug-likeness (QED) is 0.627. The number of nitrogens with two attached hydrogens (primary N) is 1. The lowest BCUT2D eigenvalue weighted by Crippen LogP contribution is -2.20. The molecule has 9 heteroatoms. The molecule has 106 valence electrons. The fraction of sp³-hybridized carbons (Fsp3) is 0.400. The Morgan fingerprint density at radius 2 is 2.16 bits per heavy atom. The molecule has 1 heterocycles. The van der Waals surface area contributed by atoms with Crippen molar-refractivity contribution in [1.82, 2.24) is 4.98 Å². The van der Waals surface area contributed by atoms with Gasteiger partial charge in [0.05, 0.1) is 19.2 Å². The number of carbonyl (C=O) groups excluding carboxylic acids is 1. The maximum Gasteiger partial charge on any atom is 0.574 e. The zero-order chi connectivity index (χ0) is 14.6. The number of rotatable bonds is 4. The van der Waals surface area contributed by atoms with Crippen molar-refractivity contribution in [1.29, 1.82) is 0 Å². The first kappa shape index (κ1) is 16.0. The molecule has 0 unspecified atom stereocenters. The van der Waals surface area contributed by atoms with E-state index < -0.39 is 18.2 Å². The Morgan fingerprint density at radius 1 is 1.53 bits per heavy atom. The van der Waals surface area contributed by atoms with Crippen LogP contribution in [0.1, 0.15) is 11.3 Å². The van der Waals surface area contributed by atoms with E-state index in [1.54, 1.807) is 0 Å². The highest BCUT2D eigenvalue weighted by Crippen LogP contribution is 2.26. The lowest BCUT2D eigenvalue weighted by molar-refractivity contribution is -0.276. The lowest BCUT2D eigenvalue weighted by Gasteiger charge is -2.12. The van der Waals surface area contributed by atoms with E-state index in [9.17, 15) is 18.0 Å². The van der Waals surface area contributed by atoms with Crippen molar-refractivity contribution in [2.45, 2.75) is 19.3 Å². The molecule has 19 heavy (non-hydrogen) atoms. The molecule has 0 aliphatic carbocycles. The van der Waals surface area contributed by atoms with Crippen LogP contribution in [-0.4, -0.2) is 24.4 Å². The largest absolute Gasteiger partial charge is 0.574 e. The topological polar surface area (TPSA) is 74.4 Å². The highest BCUT2D eigenvalue weighted by atomic mass is 127. The summed E-state index contributed by atoms with van der Waals surface area (Å²) in [5, 5.41) is 0. The summed E-state index contributed by atoms with van der Waals surface area (Å²) in [6, 6.07) is 1.09. The van der Waals surface area contributed by atoms with Crippen molar-refractivity contribution in [2.24, 2.45) is 5.73 Å². The van der Waals surface area contributed by atoms with E-state index in [2.05, 4.69) is 14.5 Å². The highest BCUT2D eigenvalue weighted by molar-refractivity contribution is 14.1. The van der Waals surface area contributed by atoms with Gasteiger partial charge in [0.2, 0.25) is 5.88 Å². The second-order valence-electron chi connectivity index (χ2n) is 3.39. The number of halogens is 4. The van der Waals surface area contributed by atoms with Crippen LogP contribution < -0.4 is 10.5 Å². The molecule has 0 radical (unpaired) electrons. The molecule has 5 nitrogen and oxygen atoms in total. The molecule has 0 atom stereocenters. The van der Waals surface area contributed by atoms with Gasteiger partial charge in [0.15, 0.2) is 0 Å². The molecule has 2 N–H and O–H groups in total. The van der Waals surface area contributed by atoms with Crippen LogP contribution in [0, 0.1) is 3.57 Å². The van der Waals surface area contributed by atoms with Crippen LogP contribution in [0.25, 0.3) is 0 Å². The Labute approximate surface area is 120 Å². The molecule has 1 aromatic rings. The van der Waals surface area contributed by atoms with Crippen molar-refractivity contribution >= 4 is 28.6 Å². The number of esters is 1. The monoisotopic (exact) mass is 390 g/mol. The molecular formula is C10H10F3IN2O3. The number of ether oxygens (including phenoxy) is 2.